The van der Waals surface area contributed by atoms with Crippen molar-refractivity contribution in [1.82, 2.24) is 10.2 Å². The summed E-state index contributed by atoms with van der Waals surface area (Å²) in [7, 11) is 4.02. The maximum absolute atomic E-state index is 5.95. The minimum Gasteiger partial charge on any atom is -0.378 e. The zero-order valence-electron chi connectivity index (χ0n) is 14.5. The van der Waals surface area contributed by atoms with Gasteiger partial charge in [-0.3, -0.25) is 4.99 Å². The van der Waals surface area contributed by atoms with Crippen molar-refractivity contribution < 1.29 is 4.74 Å². The third-order valence-corrected chi connectivity index (χ3v) is 6.52. The van der Waals surface area contributed by atoms with E-state index in [1.165, 1.54) is 24.1 Å². The van der Waals surface area contributed by atoms with E-state index < -0.39 is 0 Å². The second kappa shape index (κ2) is 7.22. The van der Waals surface area contributed by atoms with Crippen LogP contribution >= 0.6 is 11.3 Å². The lowest BCUT2D eigenvalue weighted by molar-refractivity contribution is -0.168. The largest absolute Gasteiger partial charge is 0.378 e. The molecule has 1 heterocycles. The molecule has 2 saturated carbocycles. The van der Waals surface area contributed by atoms with Crippen molar-refractivity contribution in [3.05, 3.63) is 22.4 Å². The van der Waals surface area contributed by atoms with Gasteiger partial charge in [0.25, 0.3) is 0 Å². The van der Waals surface area contributed by atoms with Gasteiger partial charge in [-0.15, -0.1) is 11.3 Å². The molecule has 4 nitrogen and oxygen atoms in total. The van der Waals surface area contributed by atoms with Crippen LogP contribution in [0, 0.1) is 5.41 Å². The number of rotatable bonds is 6. The Labute approximate surface area is 143 Å². The number of nitrogens with zero attached hydrogens (tertiary/aromatic N) is 2. The molecule has 1 aromatic heterocycles. The van der Waals surface area contributed by atoms with Gasteiger partial charge in [-0.2, -0.15) is 0 Å². The molecule has 3 rings (SSSR count). The molecule has 0 bridgehead atoms. The van der Waals surface area contributed by atoms with E-state index in [2.05, 4.69) is 46.7 Å². The molecule has 0 amide bonds. The van der Waals surface area contributed by atoms with Gasteiger partial charge in [0, 0.05) is 43.6 Å². The van der Waals surface area contributed by atoms with E-state index in [-0.39, 0.29) is 0 Å². The molecule has 128 valence electrons. The van der Waals surface area contributed by atoms with Crippen molar-refractivity contribution in [1.29, 1.82) is 0 Å². The van der Waals surface area contributed by atoms with Gasteiger partial charge < -0.3 is 15.0 Å². The molecular formula is C18H29N3OS. The Balaban J connectivity index is 1.53. The molecule has 1 N–H and O–H groups in total. The SMILES string of the molecule is CCOC1CC(NC(=NC)N(C)CCc2cccs2)C12CCC2. The predicted molar refractivity (Wildman–Crippen MR) is 97.3 cm³/mol. The molecule has 2 atom stereocenters. The average molecular weight is 336 g/mol. The quantitative estimate of drug-likeness (QED) is 0.641. The van der Waals surface area contributed by atoms with E-state index >= 15 is 0 Å². The Hall–Kier alpha value is -1.07. The van der Waals surface area contributed by atoms with Crippen LogP contribution in [0.25, 0.3) is 0 Å². The first kappa shape index (κ1) is 16.8. The second-order valence-corrected chi connectivity index (χ2v) is 7.79. The average Bonchev–Trinajstić information content (AvgIpc) is 2.99. The summed E-state index contributed by atoms with van der Waals surface area (Å²) in [6.07, 6.45) is 6.58. The van der Waals surface area contributed by atoms with E-state index in [9.17, 15) is 0 Å². The maximum atomic E-state index is 5.95. The minimum atomic E-state index is 0.376. The summed E-state index contributed by atoms with van der Waals surface area (Å²) in [5.41, 5.74) is 0.376. The molecule has 0 aromatic carbocycles. The van der Waals surface area contributed by atoms with Crippen LogP contribution in [0.2, 0.25) is 0 Å². The van der Waals surface area contributed by atoms with E-state index in [1.54, 1.807) is 0 Å². The van der Waals surface area contributed by atoms with Gasteiger partial charge in [0.1, 0.15) is 0 Å². The predicted octanol–water partition coefficient (Wildman–Crippen LogP) is 3.15. The number of ether oxygens (including phenoxy) is 1. The second-order valence-electron chi connectivity index (χ2n) is 6.76. The van der Waals surface area contributed by atoms with Gasteiger partial charge in [-0.05, 0) is 44.1 Å². The highest BCUT2D eigenvalue weighted by molar-refractivity contribution is 7.09. The van der Waals surface area contributed by atoms with Crippen LogP contribution in [0.3, 0.4) is 0 Å². The Morgan fingerprint density at radius 2 is 2.35 bits per heavy atom. The fourth-order valence-electron chi connectivity index (χ4n) is 3.98. The first-order chi connectivity index (χ1) is 11.2. The zero-order valence-corrected chi connectivity index (χ0v) is 15.4. The van der Waals surface area contributed by atoms with Crippen LogP contribution in [-0.4, -0.2) is 50.3 Å². The van der Waals surface area contributed by atoms with Gasteiger partial charge in [0.2, 0.25) is 0 Å². The molecule has 2 fully saturated rings. The van der Waals surface area contributed by atoms with Crippen molar-refractivity contribution in [2.45, 2.75) is 51.2 Å². The highest BCUT2D eigenvalue weighted by atomic mass is 32.1. The highest BCUT2D eigenvalue weighted by Gasteiger charge is 2.59. The summed E-state index contributed by atoms with van der Waals surface area (Å²) in [5, 5.41) is 5.86. The normalized spacial score (nSPS) is 25.8. The fraction of sp³-hybridized carbons (Fsp3) is 0.722. The summed E-state index contributed by atoms with van der Waals surface area (Å²) in [4.78, 5) is 8.18. The van der Waals surface area contributed by atoms with Crippen molar-refractivity contribution in [2.24, 2.45) is 10.4 Å². The lowest BCUT2D eigenvalue weighted by Crippen LogP contribution is -2.68. The maximum Gasteiger partial charge on any atom is 0.193 e. The lowest BCUT2D eigenvalue weighted by atomic mass is 9.51. The molecule has 1 aromatic rings. The molecule has 5 heteroatoms. The molecule has 2 aliphatic rings. The number of nitrogens with one attached hydrogen (secondary N) is 1. The molecule has 2 unspecified atom stereocenters. The van der Waals surface area contributed by atoms with E-state index in [4.69, 9.17) is 4.74 Å². The van der Waals surface area contributed by atoms with E-state index in [0.29, 0.717) is 17.6 Å². The topological polar surface area (TPSA) is 36.9 Å². The van der Waals surface area contributed by atoms with E-state index in [1.807, 2.05) is 18.4 Å². The van der Waals surface area contributed by atoms with Gasteiger partial charge in [-0.1, -0.05) is 12.5 Å². The standard InChI is InChI=1S/C18H29N3OS/c1-4-22-16-13-15(18(16)9-6-10-18)20-17(19-2)21(3)11-8-14-7-5-12-23-14/h5,7,12,15-16H,4,6,8-11,13H2,1-3H3,(H,19,20). The van der Waals surface area contributed by atoms with Gasteiger partial charge in [0.15, 0.2) is 5.96 Å². The molecular weight excluding hydrogens is 306 g/mol. The Kier molecular flexibility index (Phi) is 5.27. The van der Waals surface area contributed by atoms with Crippen LogP contribution in [-0.2, 0) is 11.2 Å². The van der Waals surface area contributed by atoms with Crippen molar-refractivity contribution in [3.8, 4) is 0 Å². The fourth-order valence-corrected chi connectivity index (χ4v) is 4.68. The lowest BCUT2D eigenvalue weighted by Gasteiger charge is -2.61. The Morgan fingerprint density at radius 3 is 2.91 bits per heavy atom. The molecule has 1 spiro atoms. The summed E-state index contributed by atoms with van der Waals surface area (Å²) < 4.78 is 5.95. The monoisotopic (exact) mass is 335 g/mol. The van der Waals surface area contributed by atoms with Crippen LogP contribution in [0.15, 0.2) is 22.5 Å². The van der Waals surface area contributed by atoms with Crippen molar-refractivity contribution in [2.75, 3.05) is 27.2 Å². The molecule has 23 heavy (non-hydrogen) atoms. The number of hydrogen-bond acceptors (Lipinski definition) is 3. The van der Waals surface area contributed by atoms with Crippen LogP contribution < -0.4 is 5.32 Å². The Morgan fingerprint density at radius 1 is 1.52 bits per heavy atom. The minimum absolute atomic E-state index is 0.376. The Bertz CT molecular complexity index is 524. The van der Waals surface area contributed by atoms with Gasteiger partial charge in [0.05, 0.1) is 6.10 Å². The number of likely N-dealkylation sites (N-methyl/N-ethyl adjacent to an activating group) is 1. The molecule has 0 radical (unpaired) electrons. The summed E-state index contributed by atoms with van der Waals surface area (Å²) >= 11 is 1.83. The number of guanidine groups is 1. The highest BCUT2D eigenvalue weighted by Crippen LogP contribution is 2.57. The number of thiophene rings is 1. The van der Waals surface area contributed by atoms with Crippen molar-refractivity contribution >= 4 is 17.3 Å². The van der Waals surface area contributed by atoms with Crippen molar-refractivity contribution in [3.63, 3.8) is 0 Å². The zero-order chi connectivity index (χ0) is 16.3. The molecule has 0 saturated heterocycles. The summed E-state index contributed by atoms with van der Waals surface area (Å²) in [6.45, 7) is 3.92. The summed E-state index contributed by atoms with van der Waals surface area (Å²) in [6, 6.07) is 4.85. The van der Waals surface area contributed by atoms with Gasteiger partial charge in [-0.25, -0.2) is 0 Å². The molecule has 0 aliphatic heterocycles. The number of hydrogen-bond donors (Lipinski definition) is 1. The van der Waals surface area contributed by atoms with E-state index in [0.717, 1.165) is 32.0 Å². The number of aliphatic imine (C=N–C) groups is 1. The van der Waals surface area contributed by atoms with Crippen LogP contribution in [0.4, 0.5) is 0 Å². The third-order valence-electron chi connectivity index (χ3n) is 5.59. The van der Waals surface area contributed by atoms with Gasteiger partial charge >= 0.3 is 0 Å². The first-order valence-corrected chi connectivity index (χ1v) is 9.66. The molecule has 2 aliphatic carbocycles. The summed E-state index contributed by atoms with van der Waals surface area (Å²) in [5.74, 6) is 1.02. The van der Waals surface area contributed by atoms with Crippen LogP contribution in [0.5, 0.6) is 0 Å². The third kappa shape index (κ3) is 3.26. The smallest absolute Gasteiger partial charge is 0.193 e. The van der Waals surface area contributed by atoms with Crippen LogP contribution in [0.1, 0.15) is 37.5 Å². The first-order valence-electron chi connectivity index (χ1n) is 8.78.